The third kappa shape index (κ3) is 3.39. The summed E-state index contributed by atoms with van der Waals surface area (Å²) in [5, 5.41) is -0.338. The number of carbonyl (C=O) groups is 1. The van der Waals surface area contributed by atoms with Gasteiger partial charge in [-0.2, -0.15) is 4.39 Å². The van der Waals surface area contributed by atoms with Crippen molar-refractivity contribution in [3.8, 4) is 0 Å². The highest BCUT2D eigenvalue weighted by Gasteiger charge is 2.25. The minimum atomic E-state index is -3.77. The molecule has 5 nitrogen and oxygen atoms in total. The Balaban J connectivity index is 1.64. The fourth-order valence-electron chi connectivity index (χ4n) is 2.56. The van der Waals surface area contributed by atoms with Crippen LogP contribution >= 0.6 is 0 Å². The second kappa shape index (κ2) is 6.08. The van der Waals surface area contributed by atoms with Crippen LogP contribution in [0, 0.1) is 5.95 Å². The van der Waals surface area contributed by atoms with Crippen LogP contribution in [0.2, 0.25) is 0 Å². The van der Waals surface area contributed by atoms with E-state index in [9.17, 15) is 17.6 Å². The van der Waals surface area contributed by atoms with Gasteiger partial charge in [0.2, 0.25) is 11.9 Å². The Morgan fingerprint density at radius 1 is 1.09 bits per heavy atom. The first-order valence-corrected chi connectivity index (χ1v) is 8.81. The summed E-state index contributed by atoms with van der Waals surface area (Å²) in [6.45, 7) is 0.987. The lowest BCUT2D eigenvalue weighted by atomic mass is 10.1. The van der Waals surface area contributed by atoms with E-state index in [0.29, 0.717) is 13.1 Å². The van der Waals surface area contributed by atoms with Crippen molar-refractivity contribution < 1.29 is 17.6 Å². The van der Waals surface area contributed by atoms with Gasteiger partial charge in [-0.1, -0.05) is 30.3 Å². The first-order chi connectivity index (χ1) is 11.0. The maximum absolute atomic E-state index is 13.0. The van der Waals surface area contributed by atoms with E-state index in [1.165, 1.54) is 12.1 Å². The average Bonchev–Trinajstić information content (AvgIpc) is 2.97. The van der Waals surface area contributed by atoms with Crippen LogP contribution in [0.15, 0.2) is 47.5 Å². The molecular weight excluding hydrogens is 319 g/mol. The summed E-state index contributed by atoms with van der Waals surface area (Å²) in [4.78, 5) is 17.2. The SMILES string of the molecule is O=C(CCS(=O)(=O)c1cccc(F)n1)N1Cc2ccccc2C1. The van der Waals surface area contributed by atoms with Crippen LogP contribution in [0.4, 0.5) is 4.39 Å². The van der Waals surface area contributed by atoms with Crippen LogP contribution < -0.4 is 0 Å². The fourth-order valence-corrected chi connectivity index (χ4v) is 3.72. The summed E-state index contributed by atoms with van der Waals surface area (Å²) in [6.07, 6.45) is -0.144. The first kappa shape index (κ1) is 15.6. The number of hydrogen-bond donors (Lipinski definition) is 0. The van der Waals surface area contributed by atoms with Crippen molar-refractivity contribution in [3.05, 3.63) is 59.5 Å². The zero-order valence-corrected chi connectivity index (χ0v) is 13.1. The fraction of sp³-hybridized carbons (Fsp3) is 0.250. The summed E-state index contributed by atoms with van der Waals surface area (Å²) in [5.74, 6) is -1.47. The lowest BCUT2D eigenvalue weighted by Crippen LogP contribution is -2.27. The highest BCUT2D eigenvalue weighted by Crippen LogP contribution is 2.23. The van der Waals surface area contributed by atoms with Crippen molar-refractivity contribution in [2.45, 2.75) is 24.5 Å². The third-order valence-electron chi connectivity index (χ3n) is 3.79. The zero-order valence-electron chi connectivity index (χ0n) is 12.3. The number of fused-ring (bicyclic) bond motifs is 1. The molecule has 2 heterocycles. The molecule has 1 amide bonds. The molecule has 0 aliphatic carbocycles. The molecule has 0 radical (unpaired) electrons. The number of aromatic nitrogens is 1. The molecular formula is C16H15FN2O3S. The third-order valence-corrected chi connectivity index (χ3v) is 5.39. The number of hydrogen-bond acceptors (Lipinski definition) is 4. The molecule has 0 spiro atoms. The van der Waals surface area contributed by atoms with E-state index >= 15 is 0 Å². The Hall–Kier alpha value is -2.28. The molecule has 23 heavy (non-hydrogen) atoms. The maximum atomic E-state index is 13.0. The Morgan fingerprint density at radius 3 is 2.35 bits per heavy atom. The van der Waals surface area contributed by atoms with Gasteiger partial charge in [-0.25, -0.2) is 13.4 Å². The van der Waals surface area contributed by atoms with Crippen LogP contribution in [0.25, 0.3) is 0 Å². The topological polar surface area (TPSA) is 67.3 Å². The Labute approximate surface area is 133 Å². The van der Waals surface area contributed by atoms with Crippen molar-refractivity contribution >= 4 is 15.7 Å². The summed E-state index contributed by atoms with van der Waals surface area (Å²) in [6, 6.07) is 11.3. The predicted octanol–water partition coefficient (Wildman–Crippen LogP) is 1.93. The predicted molar refractivity (Wildman–Crippen MR) is 81.6 cm³/mol. The summed E-state index contributed by atoms with van der Waals surface area (Å²) in [7, 11) is -3.77. The Bertz CT molecular complexity index is 827. The summed E-state index contributed by atoms with van der Waals surface area (Å²) in [5.41, 5.74) is 2.16. The van der Waals surface area contributed by atoms with Gasteiger partial charge in [-0.05, 0) is 23.3 Å². The largest absolute Gasteiger partial charge is 0.334 e. The molecule has 0 N–H and O–H groups in total. The van der Waals surface area contributed by atoms with Crippen molar-refractivity contribution in [1.82, 2.24) is 9.88 Å². The Kier molecular flexibility index (Phi) is 4.12. The molecule has 0 bridgehead atoms. The lowest BCUT2D eigenvalue weighted by Gasteiger charge is -2.15. The van der Waals surface area contributed by atoms with Crippen molar-refractivity contribution in [1.29, 1.82) is 0 Å². The van der Waals surface area contributed by atoms with Gasteiger partial charge in [0.15, 0.2) is 14.9 Å². The normalized spacial score (nSPS) is 13.9. The van der Waals surface area contributed by atoms with E-state index in [-0.39, 0.29) is 23.1 Å². The molecule has 0 saturated carbocycles. The molecule has 0 saturated heterocycles. The van der Waals surface area contributed by atoms with Crippen LogP contribution in [0.3, 0.4) is 0 Å². The molecule has 1 aliphatic rings. The van der Waals surface area contributed by atoms with Crippen LogP contribution in [-0.2, 0) is 27.7 Å². The molecule has 1 aromatic heterocycles. The maximum Gasteiger partial charge on any atom is 0.224 e. The highest BCUT2D eigenvalue weighted by atomic mass is 32.2. The molecule has 7 heteroatoms. The molecule has 120 valence electrons. The van der Waals surface area contributed by atoms with Gasteiger partial charge in [-0.15, -0.1) is 0 Å². The highest BCUT2D eigenvalue weighted by molar-refractivity contribution is 7.91. The van der Waals surface area contributed by atoms with E-state index < -0.39 is 15.8 Å². The van der Waals surface area contributed by atoms with Gasteiger partial charge in [0, 0.05) is 19.5 Å². The second-order valence-corrected chi connectivity index (χ2v) is 7.44. The van der Waals surface area contributed by atoms with Gasteiger partial charge < -0.3 is 4.90 Å². The number of carbonyl (C=O) groups excluding carboxylic acids is 1. The molecule has 3 rings (SSSR count). The molecule has 0 fully saturated rings. The number of amides is 1. The van der Waals surface area contributed by atoms with Gasteiger partial charge in [-0.3, -0.25) is 4.79 Å². The number of sulfone groups is 1. The van der Waals surface area contributed by atoms with E-state index in [1.54, 1.807) is 4.90 Å². The second-order valence-electron chi connectivity index (χ2n) is 5.39. The van der Waals surface area contributed by atoms with Crippen LogP contribution in [0.1, 0.15) is 17.5 Å². The molecule has 1 aliphatic heterocycles. The lowest BCUT2D eigenvalue weighted by molar-refractivity contribution is -0.131. The number of nitrogens with zero attached hydrogens (tertiary/aromatic N) is 2. The van der Waals surface area contributed by atoms with Gasteiger partial charge in [0.1, 0.15) is 0 Å². The molecule has 0 unspecified atom stereocenters. The van der Waals surface area contributed by atoms with E-state index in [0.717, 1.165) is 17.2 Å². The van der Waals surface area contributed by atoms with E-state index in [4.69, 9.17) is 0 Å². The van der Waals surface area contributed by atoms with Gasteiger partial charge in [0.05, 0.1) is 5.75 Å². The minimum Gasteiger partial charge on any atom is -0.334 e. The summed E-state index contributed by atoms with van der Waals surface area (Å²) >= 11 is 0. The molecule has 1 aromatic carbocycles. The van der Waals surface area contributed by atoms with Gasteiger partial charge >= 0.3 is 0 Å². The molecule has 0 atom stereocenters. The summed E-state index contributed by atoms with van der Waals surface area (Å²) < 4.78 is 37.3. The van der Waals surface area contributed by atoms with Crippen molar-refractivity contribution in [2.24, 2.45) is 0 Å². The Morgan fingerprint density at radius 2 is 1.74 bits per heavy atom. The number of benzene rings is 1. The zero-order chi connectivity index (χ0) is 16.4. The smallest absolute Gasteiger partial charge is 0.224 e. The number of rotatable bonds is 4. The molecule has 2 aromatic rings. The standard InChI is InChI=1S/C16H15FN2O3S/c17-14-6-3-7-15(18-14)23(21,22)9-8-16(20)19-10-12-4-1-2-5-13(12)11-19/h1-7H,8-11H2. The van der Waals surface area contributed by atoms with E-state index in [2.05, 4.69) is 4.98 Å². The monoisotopic (exact) mass is 334 g/mol. The van der Waals surface area contributed by atoms with Crippen molar-refractivity contribution in [3.63, 3.8) is 0 Å². The first-order valence-electron chi connectivity index (χ1n) is 7.15. The van der Waals surface area contributed by atoms with Gasteiger partial charge in [0.25, 0.3) is 0 Å². The minimum absolute atomic E-state index is 0.144. The van der Waals surface area contributed by atoms with Crippen LogP contribution in [-0.4, -0.2) is 30.0 Å². The quantitative estimate of drug-likeness (QED) is 0.801. The van der Waals surface area contributed by atoms with Crippen LogP contribution in [0.5, 0.6) is 0 Å². The average molecular weight is 334 g/mol. The number of halogens is 1. The van der Waals surface area contributed by atoms with E-state index in [1.807, 2.05) is 24.3 Å². The van der Waals surface area contributed by atoms with Crippen molar-refractivity contribution in [2.75, 3.05) is 5.75 Å². The number of pyridine rings is 1.